The summed E-state index contributed by atoms with van der Waals surface area (Å²) in [6, 6.07) is 2.32. The topological polar surface area (TPSA) is 45.4 Å². The first kappa shape index (κ1) is 11.7. The van der Waals surface area contributed by atoms with Gasteiger partial charge in [0.2, 0.25) is 0 Å². The molecule has 0 aliphatic heterocycles. The Balaban J connectivity index is 1.74. The summed E-state index contributed by atoms with van der Waals surface area (Å²) in [6.07, 6.45) is 7.74. The van der Waals surface area contributed by atoms with Crippen LogP contribution in [0.15, 0.2) is 23.0 Å². The van der Waals surface area contributed by atoms with Crippen LogP contribution in [0.5, 0.6) is 0 Å². The Morgan fingerprint density at radius 1 is 1.56 bits per heavy atom. The van der Waals surface area contributed by atoms with Crippen molar-refractivity contribution in [2.75, 3.05) is 6.54 Å². The van der Waals surface area contributed by atoms with Crippen LogP contribution in [0.2, 0.25) is 0 Å². The molecule has 3 unspecified atom stereocenters. The number of hydrogen-bond acceptors (Lipinski definition) is 3. The number of aliphatic hydroxyl groups is 1. The van der Waals surface area contributed by atoms with Gasteiger partial charge in [-0.2, -0.15) is 0 Å². The van der Waals surface area contributed by atoms with Crippen LogP contribution in [0.4, 0.5) is 0 Å². The molecule has 1 fully saturated rings. The van der Waals surface area contributed by atoms with Crippen molar-refractivity contribution < 1.29 is 9.52 Å². The molecule has 0 amide bonds. The lowest BCUT2D eigenvalue weighted by atomic mass is 9.87. The van der Waals surface area contributed by atoms with E-state index < -0.39 is 0 Å². The fraction of sp³-hybridized carbons (Fsp3) is 0.692. The average Bonchev–Trinajstić information content (AvgIpc) is 2.79. The molecule has 0 aromatic carbocycles. The van der Waals surface area contributed by atoms with Crippen LogP contribution in [0, 0.1) is 5.92 Å². The highest BCUT2D eigenvalue weighted by Crippen LogP contribution is 2.24. The lowest BCUT2D eigenvalue weighted by molar-refractivity contribution is 0.0998. The van der Waals surface area contributed by atoms with Gasteiger partial charge < -0.3 is 14.8 Å². The zero-order valence-electron chi connectivity index (χ0n) is 9.86. The molecule has 2 N–H and O–H groups in total. The number of rotatable bonds is 4. The third-order valence-electron chi connectivity index (χ3n) is 3.51. The molecule has 16 heavy (non-hydrogen) atoms. The molecule has 3 atom stereocenters. The first-order valence-corrected chi connectivity index (χ1v) is 6.19. The molecule has 0 saturated heterocycles. The van der Waals surface area contributed by atoms with E-state index in [4.69, 9.17) is 4.42 Å². The Bertz CT molecular complexity index is 297. The predicted octanol–water partition coefficient (Wildman–Crippen LogP) is 2.48. The van der Waals surface area contributed by atoms with E-state index >= 15 is 0 Å². The molecule has 0 radical (unpaired) electrons. The molecular formula is C13H21NO2. The number of aliphatic hydroxyl groups excluding tert-OH is 1. The monoisotopic (exact) mass is 223 g/mol. The molecule has 90 valence electrons. The van der Waals surface area contributed by atoms with Crippen LogP contribution in [-0.2, 0) is 0 Å². The molecule has 1 aromatic heterocycles. The maximum atomic E-state index is 9.59. The Kier molecular flexibility index (Phi) is 4.02. The van der Waals surface area contributed by atoms with Gasteiger partial charge >= 0.3 is 0 Å². The minimum Gasteiger partial charge on any atom is -0.472 e. The van der Waals surface area contributed by atoms with Gasteiger partial charge in [-0.1, -0.05) is 6.42 Å². The maximum Gasteiger partial charge on any atom is 0.0950 e. The van der Waals surface area contributed by atoms with E-state index in [9.17, 15) is 5.11 Å². The normalized spacial score (nSPS) is 27.9. The van der Waals surface area contributed by atoms with E-state index in [0.717, 1.165) is 25.8 Å². The van der Waals surface area contributed by atoms with Crippen molar-refractivity contribution in [2.24, 2.45) is 5.92 Å². The molecule has 0 bridgehead atoms. The fourth-order valence-corrected chi connectivity index (χ4v) is 2.43. The van der Waals surface area contributed by atoms with Crippen molar-refractivity contribution in [1.29, 1.82) is 0 Å². The zero-order chi connectivity index (χ0) is 11.4. The second kappa shape index (κ2) is 5.51. The first-order chi connectivity index (χ1) is 7.75. The second-order valence-corrected chi connectivity index (χ2v) is 4.87. The van der Waals surface area contributed by atoms with E-state index in [1.54, 1.807) is 12.5 Å². The predicted molar refractivity (Wildman–Crippen MR) is 63.1 cm³/mol. The second-order valence-electron chi connectivity index (χ2n) is 4.87. The quantitative estimate of drug-likeness (QED) is 0.824. The molecule has 0 spiro atoms. The Hall–Kier alpha value is -0.800. The smallest absolute Gasteiger partial charge is 0.0950 e. The van der Waals surface area contributed by atoms with Crippen LogP contribution in [0.3, 0.4) is 0 Å². The van der Waals surface area contributed by atoms with Gasteiger partial charge in [0.25, 0.3) is 0 Å². The van der Waals surface area contributed by atoms with Crippen molar-refractivity contribution in [3.8, 4) is 0 Å². The van der Waals surface area contributed by atoms with Crippen LogP contribution >= 0.6 is 0 Å². The van der Waals surface area contributed by atoms with Crippen LogP contribution in [0.1, 0.15) is 44.2 Å². The van der Waals surface area contributed by atoms with E-state index in [2.05, 4.69) is 12.2 Å². The summed E-state index contributed by atoms with van der Waals surface area (Å²) in [5.74, 6) is 0.623. The van der Waals surface area contributed by atoms with Crippen LogP contribution in [-0.4, -0.2) is 17.8 Å². The largest absolute Gasteiger partial charge is 0.472 e. The molecule has 1 heterocycles. The molecule has 1 aliphatic rings. The van der Waals surface area contributed by atoms with Gasteiger partial charge in [0.05, 0.1) is 18.6 Å². The van der Waals surface area contributed by atoms with E-state index in [1.807, 2.05) is 6.07 Å². The SMILES string of the molecule is CC(NCC1CCCC(O)C1)c1ccoc1. The molecule has 1 aromatic rings. The van der Waals surface area contributed by atoms with E-state index in [1.165, 1.54) is 12.0 Å². The van der Waals surface area contributed by atoms with Gasteiger partial charge in [-0.25, -0.2) is 0 Å². The summed E-state index contributed by atoms with van der Waals surface area (Å²) in [6.45, 7) is 3.13. The summed E-state index contributed by atoms with van der Waals surface area (Å²) in [4.78, 5) is 0. The van der Waals surface area contributed by atoms with E-state index in [-0.39, 0.29) is 6.10 Å². The van der Waals surface area contributed by atoms with Crippen molar-refractivity contribution in [3.63, 3.8) is 0 Å². The van der Waals surface area contributed by atoms with Gasteiger partial charge in [0.1, 0.15) is 0 Å². The molecule has 2 rings (SSSR count). The molecule has 1 saturated carbocycles. The Morgan fingerprint density at radius 3 is 3.12 bits per heavy atom. The van der Waals surface area contributed by atoms with Crippen LogP contribution in [0.25, 0.3) is 0 Å². The summed E-state index contributed by atoms with van der Waals surface area (Å²) in [7, 11) is 0. The first-order valence-electron chi connectivity index (χ1n) is 6.19. The highest BCUT2D eigenvalue weighted by molar-refractivity contribution is 5.10. The number of hydrogen-bond donors (Lipinski definition) is 2. The Labute approximate surface area is 96.8 Å². The van der Waals surface area contributed by atoms with Crippen molar-refractivity contribution >= 4 is 0 Å². The molecule has 1 aliphatic carbocycles. The summed E-state index contributed by atoms with van der Waals surface area (Å²) >= 11 is 0. The number of nitrogens with one attached hydrogen (secondary N) is 1. The van der Waals surface area contributed by atoms with Gasteiger partial charge in [0.15, 0.2) is 0 Å². The summed E-state index contributed by atoms with van der Waals surface area (Å²) < 4.78 is 5.06. The molecular weight excluding hydrogens is 202 g/mol. The minimum atomic E-state index is -0.0789. The lowest BCUT2D eigenvalue weighted by Crippen LogP contribution is -2.30. The van der Waals surface area contributed by atoms with Gasteiger partial charge in [-0.15, -0.1) is 0 Å². The molecule has 3 heteroatoms. The standard InChI is InChI=1S/C13H21NO2/c1-10(12-5-6-16-9-12)14-8-11-3-2-4-13(15)7-11/h5-6,9-11,13-15H,2-4,7-8H2,1H3. The third-order valence-corrected chi connectivity index (χ3v) is 3.51. The van der Waals surface area contributed by atoms with Gasteiger partial charge in [-0.05, 0) is 44.7 Å². The van der Waals surface area contributed by atoms with Gasteiger partial charge in [-0.3, -0.25) is 0 Å². The maximum absolute atomic E-state index is 9.59. The number of furan rings is 1. The van der Waals surface area contributed by atoms with E-state index in [0.29, 0.717) is 12.0 Å². The third kappa shape index (κ3) is 3.09. The highest BCUT2D eigenvalue weighted by Gasteiger charge is 2.20. The van der Waals surface area contributed by atoms with Crippen molar-refractivity contribution in [1.82, 2.24) is 5.32 Å². The fourth-order valence-electron chi connectivity index (χ4n) is 2.43. The zero-order valence-corrected chi connectivity index (χ0v) is 9.86. The summed E-state index contributed by atoms with van der Waals surface area (Å²) in [5.41, 5.74) is 1.19. The minimum absolute atomic E-state index is 0.0789. The van der Waals surface area contributed by atoms with Crippen molar-refractivity contribution in [2.45, 2.75) is 44.8 Å². The van der Waals surface area contributed by atoms with Gasteiger partial charge in [0, 0.05) is 11.6 Å². The summed E-state index contributed by atoms with van der Waals surface area (Å²) in [5, 5.41) is 13.1. The average molecular weight is 223 g/mol. The van der Waals surface area contributed by atoms with Crippen molar-refractivity contribution in [3.05, 3.63) is 24.2 Å². The van der Waals surface area contributed by atoms with Crippen LogP contribution < -0.4 is 5.32 Å². The Morgan fingerprint density at radius 2 is 2.44 bits per heavy atom. The highest BCUT2D eigenvalue weighted by atomic mass is 16.3. The molecule has 3 nitrogen and oxygen atoms in total. The lowest BCUT2D eigenvalue weighted by Gasteiger charge is -2.27.